The van der Waals surface area contributed by atoms with Gasteiger partial charge in [0.25, 0.3) is 5.69 Å². The lowest BCUT2D eigenvalue weighted by Crippen LogP contribution is -2.14. The van der Waals surface area contributed by atoms with Crippen molar-refractivity contribution in [1.82, 2.24) is 0 Å². The Bertz CT molecular complexity index is 738. The first kappa shape index (κ1) is 16.2. The van der Waals surface area contributed by atoms with Crippen LogP contribution in [0.4, 0.5) is 5.69 Å². The van der Waals surface area contributed by atoms with Crippen LogP contribution in [-0.4, -0.2) is 30.4 Å². The molecule has 23 heavy (non-hydrogen) atoms. The van der Waals surface area contributed by atoms with E-state index in [1.54, 1.807) is 12.1 Å². The lowest BCUT2D eigenvalue weighted by Gasteiger charge is -2.05. The number of nitrogens with zero attached hydrogens (tertiary/aromatic N) is 1. The van der Waals surface area contributed by atoms with Crippen LogP contribution in [0.15, 0.2) is 48.5 Å². The fourth-order valence-corrected chi connectivity index (χ4v) is 1.82. The number of hydrogen-bond donors (Lipinski definition) is 0. The summed E-state index contributed by atoms with van der Waals surface area (Å²) >= 11 is 0. The van der Waals surface area contributed by atoms with E-state index < -0.39 is 23.3 Å². The van der Waals surface area contributed by atoms with Gasteiger partial charge in [-0.3, -0.25) is 14.9 Å². The van der Waals surface area contributed by atoms with Gasteiger partial charge in [-0.25, -0.2) is 4.79 Å². The SMILES string of the molecule is COc1ccc(C(=O)OCC(=O)c2cccc([N+](=O)[O-])c2)cc1. The molecule has 0 aliphatic carbocycles. The Morgan fingerprint density at radius 3 is 2.39 bits per heavy atom. The Balaban J connectivity index is 1.99. The number of hydrogen-bond acceptors (Lipinski definition) is 6. The van der Waals surface area contributed by atoms with Crippen molar-refractivity contribution in [2.45, 2.75) is 0 Å². The predicted octanol–water partition coefficient (Wildman–Crippen LogP) is 2.64. The highest BCUT2D eigenvalue weighted by Gasteiger charge is 2.14. The number of rotatable bonds is 6. The number of nitro benzene ring substituents is 1. The minimum absolute atomic E-state index is 0.113. The molecule has 0 unspecified atom stereocenters. The van der Waals surface area contributed by atoms with Crippen LogP contribution in [0, 0.1) is 10.1 Å². The van der Waals surface area contributed by atoms with Gasteiger partial charge in [-0.05, 0) is 24.3 Å². The number of carbonyl (C=O) groups excluding carboxylic acids is 2. The number of carbonyl (C=O) groups is 2. The topological polar surface area (TPSA) is 95.7 Å². The molecule has 118 valence electrons. The third-order valence-corrected chi connectivity index (χ3v) is 3.04. The van der Waals surface area contributed by atoms with Gasteiger partial charge in [-0.15, -0.1) is 0 Å². The van der Waals surface area contributed by atoms with Crippen molar-refractivity contribution in [3.8, 4) is 5.75 Å². The van der Waals surface area contributed by atoms with Crippen LogP contribution in [0.2, 0.25) is 0 Å². The molecule has 0 amide bonds. The van der Waals surface area contributed by atoms with Crippen LogP contribution < -0.4 is 4.74 Å². The summed E-state index contributed by atoms with van der Waals surface area (Å²) in [6.45, 7) is -0.494. The summed E-state index contributed by atoms with van der Waals surface area (Å²) in [6, 6.07) is 11.5. The number of non-ortho nitro benzene ring substituents is 1. The van der Waals surface area contributed by atoms with Crippen LogP contribution in [0.1, 0.15) is 20.7 Å². The number of benzene rings is 2. The minimum atomic E-state index is -0.661. The Kier molecular flexibility index (Phi) is 5.03. The summed E-state index contributed by atoms with van der Waals surface area (Å²) in [7, 11) is 1.51. The molecule has 0 heterocycles. The average molecular weight is 315 g/mol. The van der Waals surface area contributed by atoms with Crippen LogP contribution in [-0.2, 0) is 4.74 Å². The van der Waals surface area contributed by atoms with E-state index in [1.165, 1.54) is 37.4 Å². The van der Waals surface area contributed by atoms with Crippen molar-refractivity contribution in [1.29, 1.82) is 0 Å². The van der Waals surface area contributed by atoms with Crippen molar-refractivity contribution in [3.63, 3.8) is 0 Å². The van der Waals surface area contributed by atoms with Crippen LogP contribution in [0.5, 0.6) is 5.75 Å². The molecule has 0 N–H and O–H groups in total. The Morgan fingerprint density at radius 1 is 1.09 bits per heavy atom. The van der Waals surface area contributed by atoms with E-state index in [2.05, 4.69) is 0 Å². The van der Waals surface area contributed by atoms with Gasteiger partial charge in [0.05, 0.1) is 17.6 Å². The summed E-state index contributed by atoms with van der Waals surface area (Å²) in [5.41, 5.74) is 0.191. The molecule has 0 fully saturated rings. The lowest BCUT2D eigenvalue weighted by atomic mass is 10.1. The third-order valence-electron chi connectivity index (χ3n) is 3.04. The highest BCUT2D eigenvalue weighted by atomic mass is 16.6. The molecule has 2 aromatic rings. The summed E-state index contributed by atoms with van der Waals surface area (Å²) in [5.74, 6) is -0.587. The molecule has 0 radical (unpaired) electrons. The van der Waals surface area contributed by atoms with E-state index in [-0.39, 0.29) is 16.8 Å². The minimum Gasteiger partial charge on any atom is -0.497 e. The molecule has 0 spiro atoms. The van der Waals surface area contributed by atoms with Crippen molar-refractivity contribution in [3.05, 3.63) is 69.8 Å². The molecular formula is C16H13NO6. The van der Waals surface area contributed by atoms with Crippen molar-refractivity contribution in [2.75, 3.05) is 13.7 Å². The summed E-state index contributed by atoms with van der Waals surface area (Å²) in [5, 5.41) is 10.7. The van der Waals surface area contributed by atoms with Gasteiger partial charge >= 0.3 is 5.97 Å². The zero-order valence-electron chi connectivity index (χ0n) is 12.2. The van der Waals surface area contributed by atoms with Crippen LogP contribution >= 0.6 is 0 Å². The van der Waals surface area contributed by atoms with Crippen LogP contribution in [0.3, 0.4) is 0 Å². The zero-order valence-corrected chi connectivity index (χ0v) is 12.2. The standard InChI is InChI=1S/C16H13NO6/c1-22-14-7-5-11(6-8-14)16(19)23-10-15(18)12-3-2-4-13(9-12)17(20)21/h2-9H,10H2,1H3. The van der Waals surface area contributed by atoms with Crippen molar-refractivity contribution >= 4 is 17.4 Å². The van der Waals surface area contributed by atoms with E-state index >= 15 is 0 Å². The first-order valence-corrected chi connectivity index (χ1v) is 6.60. The van der Waals surface area contributed by atoms with Gasteiger partial charge in [0, 0.05) is 17.7 Å². The lowest BCUT2D eigenvalue weighted by molar-refractivity contribution is -0.384. The van der Waals surface area contributed by atoms with Gasteiger partial charge in [0.15, 0.2) is 6.61 Å². The van der Waals surface area contributed by atoms with Crippen molar-refractivity contribution < 1.29 is 24.0 Å². The van der Waals surface area contributed by atoms with E-state index in [1.807, 2.05) is 0 Å². The summed E-state index contributed by atoms with van der Waals surface area (Å²) < 4.78 is 9.89. The molecule has 0 saturated heterocycles. The maximum Gasteiger partial charge on any atom is 0.338 e. The number of nitro groups is 1. The van der Waals surface area contributed by atoms with Crippen LogP contribution in [0.25, 0.3) is 0 Å². The largest absolute Gasteiger partial charge is 0.497 e. The van der Waals surface area contributed by atoms with Gasteiger partial charge in [0.1, 0.15) is 5.75 Å². The van der Waals surface area contributed by atoms with Gasteiger partial charge < -0.3 is 9.47 Å². The first-order chi connectivity index (χ1) is 11.0. The predicted molar refractivity (Wildman–Crippen MR) is 80.7 cm³/mol. The summed E-state index contributed by atoms with van der Waals surface area (Å²) in [4.78, 5) is 33.8. The van der Waals surface area contributed by atoms with Gasteiger partial charge in [-0.2, -0.15) is 0 Å². The van der Waals surface area contributed by atoms with E-state index in [9.17, 15) is 19.7 Å². The number of methoxy groups -OCH3 is 1. The summed E-state index contributed by atoms with van der Waals surface area (Å²) in [6.07, 6.45) is 0. The number of Topliss-reactive ketones (excluding diaryl/α,β-unsaturated/α-hetero) is 1. The molecule has 0 atom stereocenters. The fourth-order valence-electron chi connectivity index (χ4n) is 1.82. The maximum absolute atomic E-state index is 11.9. The van der Waals surface area contributed by atoms with Gasteiger partial charge in [0.2, 0.25) is 5.78 Å². The smallest absolute Gasteiger partial charge is 0.338 e. The van der Waals surface area contributed by atoms with Gasteiger partial charge in [-0.1, -0.05) is 12.1 Å². The van der Waals surface area contributed by atoms with E-state index in [4.69, 9.17) is 9.47 Å². The Hall–Kier alpha value is -3.22. The monoisotopic (exact) mass is 315 g/mol. The zero-order chi connectivity index (χ0) is 16.8. The maximum atomic E-state index is 11.9. The molecule has 7 heteroatoms. The number of ether oxygens (including phenoxy) is 2. The molecule has 0 aliphatic rings. The quantitative estimate of drug-likeness (QED) is 0.352. The number of ketones is 1. The second-order valence-electron chi connectivity index (χ2n) is 4.54. The molecule has 0 saturated carbocycles. The third kappa shape index (κ3) is 4.13. The first-order valence-electron chi connectivity index (χ1n) is 6.60. The second kappa shape index (κ2) is 7.17. The molecule has 0 aromatic heterocycles. The Labute approximate surface area is 131 Å². The molecule has 0 bridgehead atoms. The molecule has 2 aromatic carbocycles. The molecule has 2 rings (SSSR count). The fraction of sp³-hybridized carbons (Fsp3) is 0.125. The highest BCUT2D eigenvalue weighted by molar-refractivity contribution is 5.99. The number of esters is 1. The van der Waals surface area contributed by atoms with E-state index in [0.717, 1.165) is 6.07 Å². The average Bonchev–Trinajstić information content (AvgIpc) is 2.59. The molecule has 7 nitrogen and oxygen atoms in total. The Morgan fingerprint density at radius 2 is 1.78 bits per heavy atom. The highest BCUT2D eigenvalue weighted by Crippen LogP contribution is 2.15. The second-order valence-corrected chi connectivity index (χ2v) is 4.54. The van der Waals surface area contributed by atoms with Crippen molar-refractivity contribution in [2.24, 2.45) is 0 Å². The normalized spacial score (nSPS) is 9.96. The van der Waals surface area contributed by atoms with E-state index in [0.29, 0.717) is 5.75 Å². The molecule has 0 aliphatic heterocycles. The molecular weight excluding hydrogens is 302 g/mol.